The first kappa shape index (κ1) is 23.7. The first-order valence-corrected chi connectivity index (χ1v) is 13.2. The molecule has 1 amide bonds. The van der Waals surface area contributed by atoms with Gasteiger partial charge in [-0.15, -0.1) is 11.3 Å². The fourth-order valence-electron chi connectivity index (χ4n) is 4.64. The summed E-state index contributed by atoms with van der Waals surface area (Å²) >= 11 is 1.62. The van der Waals surface area contributed by atoms with Gasteiger partial charge in [0.15, 0.2) is 0 Å². The summed E-state index contributed by atoms with van der Waals surface area (Å²) in [4.78, 5) is 33.2. The lowest BCUT2D eigenvalue weighted by Crippen LogP contribution is -2.55. The Bertz CT molecular complexity index is 1230. The van der Waals surface area contributed by atoms with Crippen molar-refractivity contribution in [2.24, 2.45) is 0 Å². The molecule has 0 radical (unpaired) electrons. The van der Waals surface area contributed by atoms with Crippen LogP contribution in [0.25, 0.3) is 10.4 Å². The number of thiazole rings is 1. The van der Waals surface area contributed by atoms with Gasteiger partial charge in [0.25, 0.3) is 5.91 Å². The third-order valence-electron chi connectivity index (χ3n) is 6.74. The lowest BCUT2D eigenvalue weighted by Gasteiger charge is -2.31. The van der Waals surface area contributed by atoms with E-state index in [0.29, 0.717) is 22.9 Å². The van der Waals surface area contributed by atoms with Gasteiger partial charge in [-0.05, 0) is 62.9 Å². The largest absolute Gasteiger partial charge is 0.497 e. The second-order valence-electron chi connectivity index (χ2n) is 9.48. The van der Waals surface area contributed by atoms with Crippen LogP contribution in [0.5, 0.6) is 5.75 Å². The topological polar surface area (TPSA) is 80.3 Å². The van der Waals surface area contributed by atoms with E-state index in [0.717, 1.165) is 59.7 Å². The molecule has 0 spiro atoms. The van der Waals surface area contributed by atoms with Gasteiger partial charge < -0.3 is 15.4 Å². The summed E-state index contributed by atoms with van der Waals surface area (Å²) in [7, 11) is 1.57. The molecule has 2 N–H and O–H groups in total. The number of aromatic nitrogens is 1. The highest BCUT2D eigenvalue weighted by Gasteiger charge is 2.36. The molecule has 2 unspecified atom stereocenters. The Morgan fingerprint density at radius 2 is 1.94 bits per heavy atom. The molecule has 2 aromatic carbocycles. The molecule has 35 heavy (non-hydrogen) atoms. The Kier molecular flexibility index (Phi) is 6.97. The van der Waals surface area contributed by atoms with Crippen molar-refractivity contribution in [1.29, 1.82) is 0 Å². The number of amides is 1. The number of aryl methyl sites for hydroxylation is 1. The van der Waals surface area contributed by atoms with Crippen molar-refractivity contribution in [1.82, 2.24) is 15.6 Å². The number of hydrogen-bond acceptors (Lipinski definition) is 6. The number of ether oxygens (including phenoxy) is 1. The van der Waals surface area contributed by atoms with E-state index in [-0.39, 0.29) is 17.7 Å². The van der Waals surface area contributed by atoms with E-state index in [9.17, 15) is 9.59 Å². The highest BCUT2D eigenvalue weighted by molar-refractivity contribution is 7.15. The summed E-state index contributed by atoms with van der Waals surface area (Å²) in [5.41, 5.74) is 3.09. The zero-order chi connectivity index (χ0) is 24.4. The summed E-state index contributed by atoms with van der Waals surface area (Å²) in [5.74, 6) is 0.638. The van der Waals surface area contributed by atoms with Crippen LogP contribution >= 0.6 is 11.3 Å². The van der Waals surface area contributed by atoms with Gasteiger partial charge in [0, 0.05) is 17.5 Å². The number of benzene rings is 2. The van der Waals surface area contributed by atoms with E-state index in [4.69, 9.17) is 9.72 Å². The number of ketones is 1. The predicted octanol–water partition coefficient (Wildman–Crippen LogP) is 5.13. The highest BCUT2D eigenvalue weighted by atomic mass is 32.1. The normalized spacial score (nSPS) is 18.6. The van der Waals surface area contributed by atoms with Crippen LogP contribution in [0.1, 0.15) is 69.4 Å². The second-order valence-corrected chi connectivity index (χ2v) is 10.5. The van der Waals surface area contributed by atoms with Gasteiger partial charge in [-0.1, -0.05) is 42.3 Å². The van der Waals surface area contributed by atoms with Gasteiger partial charge in [0.2, 0.25) is 5.78 Å². The van der Waals surface area contributed by atoms with Crippen LogP contribution in [0.15, 0.2) is 48.5 Å². The van der Waals surface area contributed by atoms with E-state index in [2.05, 4.69) is 29.7 Å². The smallest absolute Gasteiger partial charge is 0.252 e. The minimum absolute atomic E-state index is 0.125. The molecular formula is C28H31N3O3S. The van der Waals surface area contributed by atoms with Crippen molar-refractivity contribution in [3.63, 3.8) is 0 Å². The monoisotopic (exact) mass is 489 g/mol. The van der Waals surface area contributed by atoms with E-state index in [1.54, 1.807) is 42.7 Å². The van der Waals surface area contributed by atoms with Crippen molar-refractivity contribution >= 4 is 23.0 Å². The molecule has 1 saturated heterocycles. The minimum atomic E-state index is -0.702. The maximum atomic E-state index is 14.1. The third kappa shape index (κ3) is 5.31. The van der Waals surface area contributed by atoms with E-state index < -0.39 is 6.04 Å². The number of Topliss-reactive ketones (excluding diaryl/α,β-unsaturated/α-hetero) is 1. The lowest BCUT2D eigenvalue weighted by molar-refractivity contribution is 0.0823. The Morgan fingerprint density at radius 1 is 1.11 bits per heavy atom. The quantitative estimate of drug-likeness (QED) is 0.429. The molecule has 5 rings (SSSR count). The third-order valence-corrected chi connectivity index (χ3v) is 8.00. The first-order valence-electron chi connectivity index (χ1n) is 12.3. The highest BCUT2D eigenvalue weighted by Crippen LogP contribution is 2.45. The van der Waals surface area contributed by atoms with Crippen LogP contribution in [-0.4, -0.2) is 42.4 Å². The fourth-order valence-corrected chi connectivity index (χ4v) is 5.88. The molecule has 2 atom stereocenters. The first-order chi connectivity index (χ1) is 17.0. The van der Waals surface area contributed by atoms with E-state index >= 15 is 0 Å². The molecule has 7 heteroatoms. The second kappa shape index (κ2) is 10.3. The molecule has 0 bridgehead atoms. The van der Waals surface area contributed by atoms with Gasteiger partial charge >= 0.3 is 0 Å². The Labute approximate surface area is 210 Å². The number of carbonyl (C=O) groups is 2. The Morgan fingerprint density at radius 3 is 2.66 bits per heavy atom. The molecule has 2 fully saturated rings. The van der Waals surface area contributed by atoms with Gasteiger partial charge in [-0.3, -0.25) is 9.59 Å². The van der Waals surface area contributed by atoms with Crippen molar-refractivity contribution in [2.45, 2.75) is 57.0 Å². The van der Waals surface area contributed by atoms with Crippen molar-refractivity contribution < 1.29 is 14.3 Å². The summed E-state index contributed by atoms with van der Waals surface area (Å²) in [6.45, 7) is 2.88. The molecule has 1 saturated carbocycles. The average molecular weight is 490 g/mol. The zero-order valence-corrected chi connectivity index (χ0v) is 21.0. The summed E-state index contributed by atoms with van der Waals surface area (Å²) in [6, 6.07) is 14.4. The predicted molar refractivity (Wildman–Crippen MR) is 138 cm³/mol. The standard InChI is InChI=1S/C28H31N3O3S/c1-17-7-5-8-19(15-17)26-24(31-28(35-26)18-12-13-18)25(32)23(22-11-3-4-14-29-22)30-27(33)20-9-6-10-21(16-20)34-2/h5-10,15-16,18,22-23,29H,3-4,11-14H2,1-2H3,(H,30,33). The summed E-state index contributed by atoms with van der Waals surface area (Å²) < 4.78 is 5.28. The number of carbonyl (C=O) groups excluding carboxylic acids is 2. The molecule has 1 aliphatic carbocycles. The molecule has 2 aliphatic rings. The van der Waals surface area contributed by atoms with Crippen LogP contribution in [0, 0.1) is 6.92 Å². The fraction of sp³-hybridized carbons (Fsp3) is 0.393. The molecular weight excluding hydrogens is 458 g/mol. The van der Waals surface area contributed by atoms with Gasteiger partial charge in [0.1, 0.15) is 17.5 Å². The maximum Gasteiger partial charge on any atom is 0.252 e. The van der Waals surface area contributed by atoms with Crippen LogP contribution in [0.2, 0.25) is 0 Å². The van der Waals surface area contributed by atoms with Gasteiger partial charge in [-0.25, -0.2) is 4.98 Å². The number of rotatable bonds is 8. The van der Waals surface area contributed by atoms with Crippen LogP contribution in [0.4, 0.5) is 0 Å². The molecule has 6 nitrogen and oxygen atoms in total. The summed E-state index contributed by atoms with van der Waals surface area (Å²) in [6.07, 6.45) is 5.15. The molecule has 182 valence electrons. The SMILES string of the molecule is COc1cccc(C(=O)NC(C(=O)c2nc(C3CC3)sc2-c2cccc(C)c2)C2CCCCN2)c1. The summed E-state index contributed by atoms with van der Waals surface area (Å²) in [5, 5.41) is 7.56. The van der Waals surface area contributed by atoms with Crippen LogP contribution < -0.4 is 15.4 Å². The van der Waals surface area contributed by atoms with E-state index in [1.165, 1.54) is 0 Å². The minimum Gasteiger partial charge on any atom is -0.497 e. The molecule has 2 heterocycles. The Balaban J connectivity index is 1.50. The van der Waals surface area contributed by atoms with Crippen molar-refractivity contribution in [3.8, 4) is 16.2 Å². The van der Waals surface area contributed by atoms with E-state index in [1.807, 2.05) is 12.1 Å². The average Bonchev–Trinajstić information content (AvgIpc) is 3.65. The van der Waals surface area contributed by atoms with Crippen LogP contribution in [-0.2, 0) is 0 Å². The molecule has 1 aliphatic heterocycles. The number of piperidine rings is 1. The number of methoxy groups -OCH3 is 1. The van der Waals surface area contributed by atoms with Gasteiger partial charge in [0.05, 0.1) is 17.0 Å². The van der Waals surface area contributed by atoms with Crippen molar-refractivity contribution in [2.75, 3.05) is 13.7 Å². The molecule has 1 aromatic heterocycles. The number of nitrogens with zero attached hydrogens (tertiary/aromatic N) is 1. The van der Waals surface area contributed by atoms with Crippen molar-refractivity contribution in [3.05, 3.63) is 70.4 Å². The Hall–Kier alpha value is -3.03. The lowest BCUT2D eigenvalue weighted by atomic mass is 9.92. The van der Waals surface area contributed by atoms with Gasteiger partial charge in [-0.2, -0.15) is 0 Å². The molecule has 3 aromatic rings. The maximum absolute atomic E-state index is 14.1. The van der Waals surface area contributed by atoms with Crippen LogP contribution in [0.3, 0.4) is 0 Å². The zero-order valence-electron chi connectivity index (χ0n) is 20.2. The number of hydrogen-bond donors (Lipinski definition) is 2. The number of nitrogens with one attached hydrogen (secondary N) is 2.